The molecule has 0 aliphatic carbocycles. The van der Waals surface area contributed by atoms with E-state index in [2.05, 4.69) is 0 Å². The Labute approximate surface area is 144 Å². The van der Waals surface area contributed by atoms with E-state index >= 15 is 0 Å². The van der Waals surface area contributed by atoms with E-state index in [0.717, 1.165) is 0 Å². The molecule has 2 rings (SSSR count). The minimum atomic E-state index is -0.903. The van der Waals surface area contributed by atoms with Crippen molar-refractivity contribution >= 4 is 17.8 Å². The van der Waals surface area contributed by atoms with Crippen molar-refractivity contribution in [2.45, 2.75) is 6.42 Å². The molecule has 6 nitrogen and oxygen atoms in total. The lowest BCUT2D eigenvalue weighted by Gasteiger charge is -2.05. The third-order valence-electron chi connectivity index (χ3n) is 3.33. The van der Waals surface area contributed by atoms with Crippen molar-refractivity contribution in [2.75, 3.05) is 13.7 Å². The van der Waals surface area contributed by atoms with E-state index in [0.29, 0.717) is 22.6 Å². The predicted octanol–water partition coefficient (Wildman–Crippen LogP) is 2.69. The molecule has 0 fully saturated rings. The molecule has 6 heteroatoms. The van der Waals surface area contributed by atoms with Gasteiger partial charge in [0.1, 0.15) is 5.75 Å². The highest BCUT2D eigenvalue weighted by atomic mass is 16.5. The molecule has 0 spiro atoms. The van der Waals surface area contributed by atoms with Gasteiger partial charge in [0.15, 0.2) is 23.9 Å². The Bertz CT molecular complexity index is 777. The Morgan fingerprint density at radius 1 is 1.12 bits per heavy atom. The molecule has 2 N–H and O–H groups in total. The number of carboxylic acid groups (broad SMARTS) is 1. The fourth-order valence-electron chi connectivity index (χ4n) is 2.07. The van der Waals surface area contributed by atoms with E-state index in [-0.39, 0.29) is 24.6 Å². The molecule has 0 saturated heterocycles. The van der Waals surface area contributed by atoms with E-state index in [1.807, 2.05) is 0 Å². The second-order valence-corrected chi connectivity index (χ2v) is 5.23. The third kappa shape index (κ3) is 5.69. The first-order chi connectivity index (χ1) is 12.0. The van der Waals surface area contributed by atoms with Crippen molar-refractivity contribution < 1.29 is 29.3 Å². The van der Waals surface area contributed by atoms with Gasteiger partial charge in [-0.15, -0.1) is 0 Å². The summed E-state index contributed by atoms with van der Waals surface area (Å²) < 4.78 is 10.4. The highest BCUT2D eigenvalue weighted by molar-refractivity contribution is 5.94. The van der Waals surface area contributed by atoms with Crippen LogP contribution in [0.25, 0.3) is 6.08 Å². The van der Waals surface area contributed by atoms with Crippen molar-refractivity contribution in [3.05, 3.63) is 59.7 Å². The number of aliphatic carboxylic acids is 1. The van der Waals surface area contributed by atoms with Gasteiger partial charge < -0.3 is 19.7 Å². The first kappa shape index (κ1) is 18.1. The number of hydrogen-bond donors (Lipinski definition) is 2. The molecule has 0 aromatic heterocycles. The van der Waals surface area contributed by atoms with Crippen LogP contribution in [0.2, 0.25) is 0 Å². The van der Waals surface area contributed by atoms with Gasteiger partial charge in [-0.1, -0.05) is 24.3 Å². The maximum absolute atomic E-state index is 11.9. The number of benzene rings is 2. The SMILES string of the molecule is COc1cc(C=CC(=O)COc2ccc(CC(=O)O)cc2)ccc1O. The number of ether oxygens (including phenoxy) is 2. The van der Waals surface area contributed by atoms with Crippen LogP contribution in [0.4, 0.5) is 0 Å². The van der Waals surface area contributed by atoms with Crippen LogP contribution in [-0.2, 0) is 16.0 Å². The van der Waals surface area contributed by atoms with Gasteiger partial charge in [0.2, 0.25) is 0 Å². The van der Waals surface area contributed by atoms with E-state index in [1.54, 1.807) is 42.5 Å². The molecular formula is C19H18O6. The molecule has 0 heterocycles. The van der Waals surface area contributed by atoms with E-state index in [9.17, 15) is 14.7 Å². The van der Waals surface area contributed by atoms with Crippen LogP contribution >= 0.6 is 0 Å². The quantitative estimate of drug-likeness (QED) is 0.717. The summed E-state index contributed by atoms with van der Waals surface area (Å²) >= 11 is 0. The number of carboxylic acids is 1. The van der Waals surface area contributed by atoms with Gasteiger partial charge in [0, 0.05) is 0 Å². The number of carbonyl (C=O) groups excluding carboxylic acids is 1. The van der Waals surface area contributed by atoms with Crippen LogP contribution < -0.4 is 9.47 Å². The zero-order valence-corrected chi connectivity index (χ0v) is 13.6. The molecule has 0 amide bonds. The van der Waals surface area contributed by atoms with Crippen LogP contribution in [-0.4, -0.2) is 35.7 Å². The zero-order valence-electron chi connectivity index (χ0n) is 13.6. The maximum Gasteiger partial charge on any atom is 0.307 e. The number of hydrogen-bond acceptors (Lipinski definition) is 5. The highest BCUT2D eigenvalue weighted by Gasteiger charge is 2.04. The number of methoxy groups -OCH3 is 1. The highest BCUT2D eigenvalue weighted by Crippen LogP contribution is 2.26. The zero-order chi connectivity index (χ0) is 18.2. The third-order valence-corrected chi connectivity index (χ3v) is 3.33. The Morgan fingerprint density at radius 2 is 1.84 bits per heavy atom. The van der Waals surface area contributed by atoms with Crippen LogP contribution in [0.1, 0.15) is 11.1 Å². The van der Waals surface area contributed by atoms with Gasteiger partial charge in [-0.2, -0.15) is 0 Å². The Balaban J connectivity index is 1.88. The van der Waals surface area contributed by atoms with Crippen LogP contribution in [0.3, 0.4) is 0 Å². The number of carbonyl (C=O) groups is 2. The number of phenolic OH excluding ortho intramolecular Hbond substituents is 1. The summed E-state index contributed by atoms with van der Waals surface area (Å²) in [4.78, 5) is 22.5. The lowest BCUT2D eigenvalue weighted by Crippen LogP contribution is -2.08. The molecule has 2 aromatic rings. The lowest BCUT2D eigenvalue weighted by atomic mass is 10.1. The normalized spacial score (nSPS) is 10.6. The number of rotatable bonds is 8. The second kappa shape index (κ2) is 8.54. The Hall–Kier alpha value is -3.28. The molecule has 0 aliphatic heterocycles. The van der Waals surface area contributed by atoms with Gasteiger partial charge in [0.05, 0.1) is 13.5 Å². The van der Waals surface area contributed by atoms with E-state index in [1.165, 1.54) is 19.3 Å². The average molecular weight is 342 g/mol. The Morgan fingerprint density at radius 3 is 2.48 bits per heavy atom. The first-order valence-corrected chi connectivity index (χ1v) is 7.49. The summed E-state index contributed by atoms with van der Waals surface area (Å²) in [5.41, 5.74) is 1.37. The first-order valence-electron chi connectivity index (χ1n) is 7.49. The topological polar surface area (TPSA) is 93.1 Å². The van der Waals surface area contributed by atoms with Crippen molar-refractivity contribution in [1.29, 1.82) is 0 Å². The minimum Gasteiger partial charge on any atom is -0.504 e. The van der Waals surface area contributed by atoms with Crippen LogP contribution in [0.15, 0.2) is 48.5 Å². The summed E-state index contributed by atoms with van der Waals surface area (Å²) in [5, 5.41) is 18.2. The van der Waals surface area contributed by atoms with E-state index < -0.39 is 5.97 Å². The average Bonchev–Trinajstić information content (AvgIpc) is 2.60. The second-order valence-electron chi connectivity index (χ2n) is 5.23. The summed E-state index contributed by atoms with van der Waals surface area (Å²) in [7, 11) is 1.45. The van der Waals surface area contributed by atoms with Crippen molar-refractivity contribution in [1.82, 2.24) is 0 Å². The van der Waals surface area contributed by atoms with E-state index in [4.69, 9.17) is 14.6 Å². The summed E-state index contributed by atoms with van der Waals surface area (Å²) in [5.74, 6) is -0.295. The van der Waals surface area contributed by atoms with Gasteiger partial charge in [-0.25, -0.2) is 0 Å². The monoisotopic (exact) mass is 342 g/mol. The minimum absolute atomic E-state index is 0.0284. The predicted molar refractivity (Wildman–Crippen MR) is 92.0 cm³/mol. The van der Waals surface area contributed by atoms with Crippen molar-refractivity contribution in [3.63, 3.8) is 0 Å². The molecule has 0 bridgehead atoms. The molecule has 0 aliphatic rings. The van der Waals surface area contributed by atoms with Crippen molar-refractivity contribution in [3.8, 4) is 17.2 Å². The molecule has 0 atom stereocenters. The summed E-state index contributed by atoms with van der Waals surface area (Å²) in [6.45, 7) is -0.135. The van der Waals surface area contributed by atoms with Gasteiger partial charge in [-0.05, 0) is 41.5 Å². The fourth-order valence-corrected chi connectivity index (χ4v) is 2.07. The van der Waals surface area contributed by atoms with Crippen molar-refractivity contribution in [2.24, 2.45) is 0 Å². The number of aromatic hydroxyl groups is 1. The van der Waals surface area contributed by atoms with Gasteiger partial charge >= 0.3 is 5.97 Å². The summed E-state index contributed by atoms with van der Waals surface area (Å²) in [6.07, 6.45) is 2.92. The Kier molecular flexibility index (Phi) is 6.17. The molecule has 0 saturated carbocycles. The lowest BCUT2D eigenvalue weighted by molar-refractivity contribution is -0.136. The van der Waals surface area contributed by atoms with Gasteiger partial charge in [0.25, 0.3) is 0 Å². The van der Waals surface area contributed by atoms with Crippen LogP contribution in [0, 0.1) is 0 Å². The molecule has 0 radical (unpaired) electrons. The van der Waals surface area contributed by atoms with Gasteiger partial charge in [-0.3, -0.25) is 9.59 Å². The van der Waals surface area contributed by atoms with Crippen LogP contribution in [0.5, 0.6) is 17.2 Å². The molecule has 25 heavy (non-hydrogen) atoms. The summed E-state index contributed by atoms with van der Waals surface area (Å²) in [6, 6.07) is 11.3. The standard InChI is InChI=1S/C19H18O6/c1-24-18-10-13(5-9-17(18)21)2-6-15(20)12-25-16-7-3-14(4-8-16)11-19(22)23/h2-10,21H,11-12H2,1H3,(H,22,23). The smallest absolute Gasteiger partial charge is 0.307 e. The number of phenols is 1. The molecular weight excluding hydrogens is 324 g/mol. The molecule has 0 unspecified atom stereocenters. The number of ketones is 1. The molecule has 130 valence electrons. The maximum atomic E-state index is 11.9. The molecule has 2 aromatic carbocycles. The largest absolute Gasteiger partial charge is 0.504 e. The fraction of sp³-hybridized carbons (Fsp3) is 0.158.